The van der Waals surface area contributed by atoms with Crippen molar-refractivity contribution in [1.82, 2.24) is 19.9 Å². The maximum Gasteiger partial charge on any atom is 0.231 e. The smallest absolute Gasteiger partial charge is 0.231 e. The molecule has 0 unspecified atom stereocenters. The third kappa shape index (κ3) is 2.90. The molecule has 1 aliphatic heterocycles. The fourth-order valence-electron chi connectivity index (χ4n) is 2.01. The second-order valence-corrected chi connectivity index (χ2v) is 5.27. The summed E-state index contributed by atoms with van der Waals surface area (Å²) in [6, 6.07) is 0. The molecule has 0 aromatic carbocycles. The molecule has 0 bridgehead atoms. The summed E-state index contributed by atoms with van der Waals surface area (Å²) in [6.07, 6.45) is 4.13. The Balaban J connectivity index is 1.73. The van der Waals surface area contributed by atoms with E-state index in [0.717, 1.165) is 18.1 Å². The quantitative estimate of drug-likeness (QED) is 0.865. The fraction of sp³-hybridized carbons (Fsp3) is 0.455. The van der Waals surface area contributed by atoms with Crippen LogP contribution in [0.5, 0.6) is 0 Å². The SMILES string of the molecule is Nc1nc(NCc2nccs2)nc(N2CCCC2)n1. The van der Waals surface area contributed by atoms with Crippen LogP contribution < -0.4 is 16.0 Å². The van der Waals surface area contributed by atoms with Crippen LogP contribution in [-0.2, 0) is 6.54 Å². The molecular formula is C11H15N7S. The fourth-order valence-corrected chi connectivity index (χ4v) is 2.57. The molecule has 0 saturated carbocycles. The number of nitrogens with one attached hydrogen (secondary N) is 1. The van der Waals surface area contributed by atoms with Gasteiger partial charge < -0.3 is 16.0 Å². The van der Waals surface area contributed by atoms with Gasteiger partial charge in [-0.15, -0.1) is 11.3 Å². The molecule has 1 aliphatic rings. The molecule has 3 heterocycles. The topological polar surface area (TPSA) is 92.8 Å². The van der Waals surface area contributed by atoms with Gasteiger partial charge >= 0.3 is 0 Å². The van der Waals surface area contributed by atoms with E-state index in [1.54, 1.807) is 17.5 Å². The van der Waals surface area contributed by atoms with Gasteiger partial charge in [0, 0.05) is 24.7 Å². The number of rotatable bonds is 4. The van der Waals surface area contributed by atoms with Crippen molar-refractivity contribution in [2.75, 3.05) is 29.0 Å². The van der Waals surface area contributed by atoms with Gasteiger partial charge in [0.1, 0.15) is 5.01 Å². The van der Waals surface area contributed by atoms with Crippen LogP contribution in [0.4, 0.5) is 17.8 Å². The van der Waals surface area contributed by atoms with Crippen molar-refractivity contribution in [3.05, 3.63) is 16.6 Å². The maximum absolute atomic E-state index is 5.73. The van der Waals surface area contributed by atoms with Gasteiger partial charge in [-0.3, -0.25) is 0 Å². The third-order valence-corrected chi connectivity index (χ3v) is 3.69. The van der Waals surface area contributed by atoms with Crippen LogP contribution in [0.1, 0.15) is 17.8 Å². The Morgan fingerprint density at radius 2 is 2.11 bits per heavy atom. The van der Waals surface area contributed by atoms with Crippen LogP contribution in [0.2, 0.25) is 0 Å². The minimum atomic E-state index is 0.249. The molecule has 0 aliphatic carbocycles. The first-order valence-electron chi connectivity index (χ1n) is 6.20. The van der Waals surface area contributed by atoms with Gasteiger partial charge in [-0.05, 0) is 12.8 Å². The lowest BCUT2D eigenvalue weighted by Crippen LogP contribution is -2.22. The van der Waals surface area contributed by atoms with E-state index < -0.39 is 0 Å². The molecule has 0 spiro atoms. The number of hydrogen-bond donors (Lipinski definition) is 2. The third-order valence-electron chi connectivity index (χ3n) is 2.91. The number of nitrogens with zero attached hydrogens (tertiary/aromatic N) is 5. The summed E-state index contributed by atoms with van der Waals surface area (Å²) < 4.78 is 0. The lowest BCUT2D eigenvalue weighted by atomic mass is 10.4. The Morgan fingerprint density at radius 3 is 2.84 bits per heavy atom. The van der Waals surface area contributed by atoms with E-state index in [1.165, 1.54) is 12.8 Å². The zero-order valence-corrected chi connectivity index (χ0v) is 11.2. The number of aromatic nitrogens is 4. The van der Waals surface area contributed by atoms with Gasteiger partial charge in [-0.2, -0.15) is 15.0 Å². The number of nitrogen functional groups attached to an aromatic ring is 1. The van der Waals surface area contributed by atoms with Crippen molar-refractivity contribution in [3.8, 4) is 0 Å². The van der Waals surface area contributed by atoms with Crippen molar-refractivity contribution in [1.29, 1.82) is 0 Å². The van der Waals surface area contributed by atoms with Crippen LogP contribution in [-0.4, -0.2) is 33.0 Å². The Kier molecular flexibility index (Phi) is 3.41. The Labute approximate surface area is 114 Å². The van der Waals surface area contributed by atoms with Gasteiger partial charge in [-0.1, -0.05) is 0 Å². The Hall–Kier alpha value is -1.96. The molecule has 2 aromatic rings. The van der Waals surface area contributed by atoms with Gasteiger partial charge in [0.25, 0.3) is 0 Å². The first-order valence-corrected chi connectivity index (χ1v) is 7.08. The molecule has 2 aromatic heterocycles. The molecule has 0 radical (unpaired) electrons. The van der Waals surface area contributed by atoms with Crippen LogP contribution in [0.15, 0.2) is 11.6 Å². The van der Waals surface area contributed by atoms with Crippen molar-refractivity contribution in [2.45, 2.75) is 19.4 Å². The first-order chi connectivity index (χ1) is 9.31. The normalized spacial score (nSPS) is 14.8. The summed E-state index contributed by atoms with van der Waals surface area (Å²) in [6.45, 7) is 2.56. The maximum atomic E-state index is 5.73. The van der Waals surface area contributed by atoms with Crippen LogP contribution in [0.25, 0.3) is 0 Å². The van der Waals surface area contributed by atoms with Crippen LogP contribution >= 0.6 is 11.3 Å². The highest BCUT2D eigenvalue weighted by Crippen LogP contribution is 2.18. The molecule has 7 nitrogen and oxygen atoms in total. The van der Waals surface area contributed by atoms with Gasteiger partial charge in [-0.25, -0.2) is 4.98 Å². The van der Waals surface area contributed by atoms with E-state index >= 15 is 0 Å². The van der Waals surface area contributed by atoms with E-state index in [2.05, 4.69) is 30.2 Å². The van der Waals surface area contributed by atoms with E-state index in [-0.39, 0.29) is 5.95 Å². The second kappa shape index (κ2) is 5.35. The largest absolute Gasteiger partial charge is 0.368 e. The van der Waals surface area contributed by atoms with E-state index in [1.807, 2.05) is 5.38 Å². The predicted octanol–water partition coefficient (Wildman–Crippen LogP) is 1.12. The number of hydrogen-bond acceptors (Lipinski definition) is 8. The highest BCUT2D eigenvalue weighted by molar-refractivity contribution is 7.09. The molecule has 100 valence electrons. The highest BCUT2D eigenvalue weighted by Gasteiger charge is 2.16. The number of thiazole rings is 1. The molecule has 0 amide bonds. The summed E-state index contributed by atoms with van der Waals surface area (Å²) >= 11 is 1.59. The average molecular weight is 277 g/mol. The molecular weight excluding hydrogens is 262 g/mol. The van der Waals surface area contributed by atoms with E-state index in [4.69, 9.17) is 5.73 Å². The molecule has 8 heteroatoms. The zero-order valence-electron chi connectivity index (χ0n) is 10.4. The lowest BCUT2D eigenvalue weighted by molar-refractivity contribution is 0.880. The second-order valence-electron chi connectivity index (χ2n) is 4.29. The van der Waals surface area contributed by atoms with E-state index in [9.17, 15) is 0 Å². The summed E-state index contributed by atoms with van der Waals surface area (Å²) in [5.74, 6) is 1.41. The summed E-state index contributed by atoms with van der Waals surface area (Å²) in [4.78, 5) is 19.0. The molecule has 1 fully saturated rings. The average Bonchev–Trinajstić information content (AvgIpc) is 3.09. The van der Waals surface area contributed by atoms with Crippen molar-refractivity contribution in [2.24, 2.45) is 0 Å². The standard InChI is InChI=1S/C11H15N7S/c12-9-15-10(14-7-8-13-3-6-19-8)17-11(16-9)18-4-1-2-5-18/h3,6H,1-2,4-5,7H2,(H3,12,14,15,16,17). The number of anilines is 3. The zero-order chi connectivity index (χ0) is 13.1. The van der Waals surface area contributed by atoms with Gasteiger partial charge in [0.15, 0.2) is 0 Å². The molecule has 3 N–H and O–H groups in total. The Bertz CT molecular complexity index is 536. The predicted molar refractivity (Wildman–Crippen MR) is 75.1 cm³/mol. The lowest BCUT2D eigenvalue weighted by Gasteiger charge is -2.15. The summed E-state index contributed by atoms with van der Waals surface area (Å²) in [7, 11) is 0. The van der Waals surface area contributed by atoms with E-state index in [0.29, 0.717) is 18.4 Å². The molecule has 19 heavy (non-hydrogen) atoms. The minimum Gasteiger partial charge on any atom is -0.368 e. The highest BCUT2D eigenvalue weighted by atomic mass is 32.1. The van der Waals surface area contributed by atoms with Crippen LogP contribution in [0.3, 0.4) is 0 Å². The molecule has 1 saturated heterocycles. The van der Waals surface area contributed by atoms with Gasteiger partial charge in [0.05, 0.1) is 6.54 Å². The Morgan fingerprint density at radius 1 is 1.26 bits per heavy atom. The summed E-state index contributed by atoms with van der Waals surface area (Å²) in [5.41, 5.74) is 5.73. The monoisotopic (exact) mass is 277 g/mol. The van der Waals surface area contributed by atoms with Crippen molar-refractivity contribution < 1.29 is 0 Å². The van der Waals surface area contributed by atoms with Gasteiger partial charge in [0.2, 0.25) is 17.8 Å². The van der Waals surface area contributed by atoms with Crippen molar-refractivity contribution >= 4 is 29.2 Å². The summed E-state index contributed by atoms with van der Waals surface area (Å²) in [5, 5.41) is 6.06. The van der Waals surface area contributed by atoms with Crippen LogP contribution in [0, 0.1) is 0 Å². The van der Waals surface area contributed by atoms with Crippen molar-refractivity contribution in [3.63, 3.8) is 0 Å². The minimum absolute atomic E-state index is 0.249. The molecule has 0 atom stereocenters. The number of nitrogens with two attached hydrogens (primary N) is 1. The first kappa shape index (κ1) is 12.1. The molecule has 3 rings (SSSR count).